The summed E-state index contributed by atoms with van der Waals surface area (Å²) in [5.41, 5.74) is -0.137. The van der Waals surface area contributed by atoms with Gasteiger partial charge in [0.25, 0.3) is 0 Å². The SMILES string of the molecule is CCCC(=NOCC)C1=C(O)CC(CCSc2ccc(Cl)c(C(F)(F)F)c2)CC1=O. The summed E-state index contributed by atoms with van der Waals surface area (Å²) in [6.45, 7) is 4.11. The van der Waals surface area contributed by atoms with Crippen molar-refractivity contribution in [3.63, 3.8) is 0 Å². The van der Waals surface area contributed by atoms with E-state index in [0.29, 0.717) is 42.2 Å². The van der Waals surface area contributed by atoms with Gasteiger partial charge >= 0.3 is 6.18 Å². The molecule has 2 rings (SSSR count). The fourth-order valence-corrected chi connectivity index (χ4v) is 4.53. The van der Waals surface area contributed by atoms with Crippen molar-refractivity contribution in [2.75, 3.05) is 12.4 Å². The number of hydrogen-bond acceptors (Lipinski definition) is 5. The van der Waals surface area contributed by atoms with Crippen molar-refractivity contribution in [2.45, 2.75) is 57.0 Å². The van der Waals surface area contributed by atoms with E-state index in [0.717, 1.165) is 12.5 Å². The zero-order chi connectivity index (χ0) is 22.3. The molecule has 166 valence electrons. The molecule has 0 aliphatic heterocycles. The van der Waals surface area contributed by atoms with E-state index in [1.807, 2.05) is 6.92 Å². The topological polar surface area (TPSA) is 58.9 Å². The summed E-state index contributed by atoms with van der Waals surface area (Å²) >= 11 is 6.91. The normalized spacial score (nSPS) is 18.1. The number of oxime groups is 1. The molecule has 0 spiro atoms. The lowest BCUT2D eigenvalue weighted by atomic mass is 9.83. The van der Waals surface area contributed by atoms with Gasteiger partial charge in [-0.3, -0.25) is 4.79 Å². The van der Waals surface area contributed by atoms with Crippen LogP contribution in [0.4, 0.5) is 13.2 Å². The number of Topliss-reactive ketones (excluding diaryl/α,β-unsaturated/α-hetero) is 1. The quantitative estimate of drug-likeness (QED) is 0.248. The molecule has 0 aromatic heterocycles. The van der Waals surface area contributed by atoms with Gasteiger partial charge in [0, 0.05) is 17.7 Å². The third-order valence-electron chi connectivity index (χ3n) is 4.64. The highest BCUT2D eigenvalue weighted by atomic mass is 35.5. The molecule has 1 unspecified atom stereocenters. The van der Waals surface area contributed by atoms with Crippen molar-refractivity contribution < 1.29 is 27.9 Å². The standard InChI is InChI=1S/C21H25ClF3NO3S/c1-3-5-17(26-29-4-2)20-18(27)10-13(11-19(20)28)8-9-30-14-6-7-16(22)15(12-14)21(23,24)25/h6-7,12-13,27H,3-5,8-11H2,1-2H3. The number of nitrogens with zero attached hydrogens (tertiary/aromatic N) is 1. The molecule has 1 N–H and O–H groups in total. The van der Waals surface area contributed by atoms with Gasteiger partial charge in [0.1, 0.15) is 12.4 Å². The summed E-state index contributed by atoms with van der Waals surface area (Å²) in [4.78, 5) is 18.2. The fourth-order valence-electron chi connectivity index (χ4n) is 3.25. The molecule has 0 amide bonds. The number of alkyl halides is 3. The molecular weight excluding hydrogens is 439 g/mol. The van der Waals surface area contributed by atoms with Crippen LogP contribution >= 0.6 is 23.4 Å². The molecule has 0 saturated carbocycles. The molecule has 1 aromatic carbocycles. The maximum absolute atomic E-state index is 13.0. The zero-order valence-electron chi connectivity index (χ0n) is 16.9. The van der Waals surface area contributed by atoms with Gasteiger partial charge in [0.2, 0.25) is 0 Å². The van der Waals surface area contributed by atoms with Crippen molar-refractivity contribution in [1.29, 1.82) is 0 Å². The third-order valence-corrected chi connectivity index (χ3v) is 6.00. The highest BCUT2D eigenvalue weighted by Crippen LogP contribution is 2.38. The zero-order valence-corrected chi connectivity index (χ0v) is 18.5. The van der Waals surface area contributed by atoms with Gasteiger partial charge in [0.05, 0.1) is 21.9 Å². The lowest BCUT2D eigenvalue weighted by Crippen LogP contribution is -2.25. The second-order valence-corrected chi connectivity index (χ2v) is 8.58. The monoisotopic (exact) mass is 463 g/mol. The number of benzene rings is 1. The number of carbonyl (C=O) groups excluding carboxylic acids is 1. The van der Waals surface area contributed by atoms with E-state index in [1.54, 1.807) is 13.0 Å². The molecule has 0 radical (unpaired) electrons. The Balaban J connectivity index is 2.01. The van der Waals surface area contributed by atoms with Gasteiger partial charge < -0.3 is 9.94 Å². The summed E-state index contributed by atoms with van der Waals surface area (Å²) in [6, 6.07) is 3.82. The first-order valence-electron chi connectivity index (χ1n) is 9.81. The van der Waals surface area contributed by atoms with Crippen LogP contribution in [0.5, 0.6) is 0 Å². The van der Waals surface area contributed by atoms with Crippen molar-refractivity contribution in [1.82, 2.24) is 0 Å². The fraction of sp³-hybridized carbons (Fsp3) is 0.524. The van der Waals surface area contributed by atoms with E-state index in [1.165, 1.54) is 17.8 Å². The van der Waals surface area contributed by atoms with Crippen molar-refractivity contribution in [3.05, 3.63) is 40.1 Å². The van der Waals surface area contributed by atoms with Crippen LogP contribution in [0.25, 0.3) is 0 Å². The lowest BCUT2D eigenvalue weighted by molar-refractivity contribution is -0.137. The smallest absolute Gasteiger partial charge is 0.417 e. The molecule has 4 nitrogen and oxygen atoms in total. The van der Waals surface area contributed by atoms with Gasteiger partial charge in [-0.25, -0.2) is 0 Å². The first-order valence-corrected chi connectivity index (χ1v) is 11.2. The number of allylic oxidation sites excluding steroid dienone is 2. The Kier molecular flexibility index (Phi) is 9.09. The number of thioether (sulfide) groups is 1. The highest BCUT2D eigenvalue weighted by Gasteiger charge is 2.33. The van der Waals surface area contributed by atoms with Crippen LogP contribution in [-0.4, -0.2) is 29.0 Å². The van der Waals surface area contributed by atoms with Crippen LogP contribution < -0.4 is 0 Å². The molecule has 1 aliphatic carbocycles. The number of ketones is 1. The molecule has 30 heavy (non-hydrogen) atoms. The summed E-state index contributed by atoms with van der Waals surface area (Å²) in [5.74, 6) is 0.289. The summed E-state index contributed by atoms with van der Waals surface area (Å²) in [5, 5.41) is 14.1. The van der Waals surface area contributed by atoms with Crippen LogP contribution in [0.3, 0.4) is 0 Å². The van der Waals surface area contributed by atoms with E-state index in [-0.39, 0.29) is 34.5 Å². The first kappa shape index (κ1) is 24.6. The third kappa shape index (κ3) is 6.67. The average Bonchev–Trinajstić information content (AvgIpc) is 2.66. The number of aliphatic hydroxyl groups excluding tert-OH is 1. The summed E-state index contributed by atoms with van der Waals surface area (Å²) in [6.07, 6.45) is -2.02. The molecule has 1 atom stereocenters. The van der Waals surface area contributed by atoms with E-state index in [9.17, 15) is 23.1 Å². The summed E-state index contributed by atoms with van der Waals surface area (Å²) < 4.78 is 38.9. The van der Waals surface area contributed by atoms with Crippen LogP contribution in [0, 0.1) is 5.92 Å². The predicted octanol–water partition coefficient (Wildman–Crippen LogP) is 6.82. The van der Waals surface area contributed by atoms with Crippen LogP contribution in [0.1, 0.15) is 51.5 Å². The van der Waals surface area contributed by atoms with Crippen molar-refractivity contribution >= 4 is 34.9 Å². The van der Waals surface area contributed by atoms with Crippen LogP contribution in [0.15, 0.2) is 39.6 Å². The van der Waals surface area contributed by atoms with Gasteiger partial charge in [-0.15, -0.1) is 11.8 Å². The summed E-state index contributed by atoms with van der Waals surface area (Å²) in [7, 11) is 0. The van der Waals surface area contributed by atoms with Crippen molar-refractivity contribution in [3.8, 4) is 0 Å². The molecule has 0 fully saturated rings. The minimum Gasteiger partial charge on any atom is -0.511 e. The Morgan fingerprint density at radius 2 is 2.07 bits per heavy atom. The Morgan fingerprint density at radius 1 is 1.33 bits per heavy atom. The minimum absolute atomic E-state index is 0.0130. The second kappa shape index (κ2) is 11.1. The molecule has 0 bridgehead atoms. The molecule has 9 heteroatoms. The molecular formula is C21H25ClF3NO3S. The lowest BCUT2D eigenvalue weighted by Gasteiger charge is -2.24. The van der Waals surface area contributed by atoms with Gasteiger partial charge in [0.15, 0.2) is 5.78 Å². The molecule has 0 saturated heterocycles. The molecule has 1 aromatic rings. The second-order valence-electron chi connectivity index (χ2n) is 7.00. The first-order chi connectivity index (χ1) is 14.2. The van der Waals surface area contributed by atoms with Crippen LogP contribution in [0.2, 0.25) is 5.02 Å². The van der Waals surface area contributed by atoms with Gasteiger partial charge in [-0.1, -0.05) is 30.1 Å². The maximum atomic E-state index is 13.0. The van der Waals surface area contributed by atoms with E-state index in [2.05, 4.69) is 5.16 Å². The molecule has 0 heterocycles. The largest absolute Gasteiger partial charge is 0.511 e. The Morgan fingerprint density at radius 3 is 2.67 bits per heavy atom. The Labute approximate surface area is 183 Å². The predicted molar refractivity (Wildman–Crippen MR) is 113 cm³/mol. The number of aliphatic hydroxyl groups is 1. The highest BCUT2D eigenvalue weighted by molar-refractivity contribution is 7.99. The maximum Gasteiger partial charge on any atom is 0.417 e. The number of rotatable bonds is 9. The van der Waals surface area contributed by atoms with E-state index >= 15 is 0 Å². The average molecular weight is 464 g/mol. The minimum atomic E-state index is -4.50. The van der Waals surface area contributed by atoms with E-state index in [4.69, 9.17) is 16.4 Å². The van der Waals surface area contributed by atoms with Crippen molar-refractivity contribution in [2.24, 2.45) is 11.1 Å². The van der Waals surface area contributed by atoms with Gasteiger partial charge in [-0.05, 0) is 49.6 Å². The van der Waals surface area contributed by atoms with E-state index < -0.39 is 11.7 Å². The Bertz CT molecular complexity index is 824. The Hall–Kier alpha value is -1.67. The molecule has 1 aliphatic rings. The number of hydrogen-bond donors (Lipinski definition) is 1. The van der Waals surface area contributed by atoms with Gasteiger partial charge in [-0.2, -0.15) is 13.2 Å². The number of halogens is 4. The van der Waals surface area contributed by atoms with Crippen LogP contribution in [-0.2, 0) is 15.8 Å². The number of carbonyl (C=O) groups is 1.